The monoisotopic (exact) mass is 351 g/mol. The van der Waals surface area contributed by atoms with Gasteiger partial charge in [-0.1, -0.05) is 5.16 Å². The molecule has 0 radical (unpaired) electrons. The lowest BCUT2D eigenvalue weighted by Crippen LogP contribution is -2.39. The van der Waals surface area contributed by atoms with E-state index in [1.54, 1.807) is 32.2 Å². The predicted molar refractivity (Wildman–Crippen MR) is 87.5 cm³/mol. The number of ether oxygens (including phenoxy) is 1. The fraction of sp³-hybridized carbons (Fsp3) is 0.500. The molecule has 0 amide bonds. The van der Waals surface area contributed by atoms with E-state index in [1.807, 2.05) is 6.92 Å². The van der Waals surface area contributed by atoms with Gasteiger partial charge in [0, 0.05) is 13.1 Å². The van der Waals surface area contributed by atoms with E-state index in [4.69, 9.17) is 9.26 Å². The quantitative estimate of drug-likeness (QED) is 0.840. The molecular formula is C16H21N3O4S. The molecule has 8 heteroatoms. The summed E-state index contributed by atoms with van der Waals surface area (Å²) in [6, 6.07) is 4.92. The Bertz CT molecular complexity index is 832. The van der Waals surface area contributed by atoms with E-state index >= 15 is 0 Å². The van der Waals surface area contributed by atoms with Crippen molar-refractivity contribution < 1.29 is 17.7 Å². The first kappa shape index (κ1) is 16.9. The van der Waals surface area contributed by atoms with Crippen LogP contribution in [-0.2, 0) is 10.0 Å². The number of hydrogen-bond donors (Lipinski definition) is 0. The van der Waals surface area contributed by atoms with Crippen LogP contribution >= 0.6 is 0 Å². The zero-order valence-electron chi connectivity index (χ0n) is 14.0. The van der Waals surface area contributed by atoms with Gasteiger partial charge in [-0.15, -0.1) is 0 Å². The molecule has 1 unspecified atom stereocenters. The molecule has 1 fully saturated rings. The van der Waals surface area contributed by atoms with Gasteiger partial charge in [-0.3, -0.25) is 0 Å². The average molecular weight is 351 g/mol. The van der Waals surface area contributed by atoms with E-state index in [2.05, 4.69) is 10.1 Å². The summed E-state index contributed by atoms with van der Waals surface area (Å²) in [6.45, 7) is 4.44. The highest BCUT2D eigenvalue weighted by molar-refractivity contribution is 7.89. The minimum atomic E-state index is -3.56. The van der Waals surface area contributed by atoms with Gasteiger partial charge in [-0.25, -0.2) is 8.42 Å². The summed E-state index contributed by atoms with van der Waals surface area (Å²) in [7, 11) is -1.99. The van der Waals surface area contributed by atoms with Crippen LogP contribution < -0.4 is 4.74 Å². The van der Waals surface area contributed by atoms with Crippen molar-refractivity contribution in [2.24, 2.45) is 0 Å². The van der Waals surface area contributed by atoms with Crippen LogP contribution in [-0.4, -0.2) is 43.1 Å². The second-order valence-electron chi connectivity index (χ2n) is 6.01. The van der Waals surface area contributed by atoms with Crippen LogP contribution in [0.1, 0.15) is 36.0 Å². The fourth-order valence-electron chi connectivity index (χ4n) is 3.00. The van der Waals surface area contributed by atoms with E-state index < -0.39 is 10.0 Å². The molecule has 1 aliphatic rings. The minimum Gasteiger partial charge on any atom is -0.496 e. The predicted octanol–water partition coefficient (Wildman–Crippen LogP) is 2.26. The molecule has 0 saturated carbocycles. The first-order valence-corrected chi connectivity index (χ1v) is 9.31. The maximum Gasteiger partial charge on any atom is 0.243 e. The third kappa shape index (κ3) is 3.16. The summed E-state index contributed by atoms with van der Waals surface area (Å²) in [5.41, 5.74) is 0.791. The van der Waals surface area contributed by atoms with Crippen molar-refractivity contribution in [1.82, 2.24) is 14.4 Å². The standard InChI is InChI=1S/C16H21N3O4S/c1-11-9-14(6-7-15(11)22-3)24(20,21)19-8-4-5-13(10-19)16-17-12(2)18-23-16/h6-7,9,13H,4-5,8,10H2,1-3H3. The van der Waals surface area contributed by atoms with Crippen molar-refractivity contribution in [1.29, 1.82) is 0 Å². The molecule has 0 bridgehead atoms. The number of sulfonamides is 1. The second-order valence-corrected chi connectivity index (χ2v) is 7.95. The summed E-state index contributed by atoms with van der Waals surface area (Å²) in [5.74, 6) is 1.69. The number of methoxy groups -OCH3 is 1. The number of benzene rings is 1. The molecule has 0 aliphatic carbocycles. The van der Waals surface area contributed by atoms with Crippen molar-refractivity contribution >= 4 is 10.0 Å². The first-order chi connectivity index (χ1) is 11.4. The highest BCUT2D eigenvalue weighted by Gasteiger charge is 2.33. The largest absolute Gasteiger partial charge is 0.496 e. The van der Waals surface area contributed by atoms with Crippen molar-refractivity contribution in [2.75, 3.05) is 20.2 Å². The number of rotatable bonds is 4. The molecule has 0 spiro atoms. The molecule has 1 saturated heterocycles. The van der Waals surface area contributed by atoms with Gasteiger partial charge in [0.2, 0.25) is 15.9 Å². The normalized spacial score (nSPS) is 19.4. The molecule has 3 rings (SSSR count). The van der Waals surface area contributed by atoms with E-state index in [0.717, 1.165) is 18.4 Å². The Kier molecular flexibility index (Phi) is 4.60. The van der Waals surface area contributed by atoms with Crippen molar-refractivity contribution in [2.45, 2.75) is 37.5 Å². The van der Waals surface area contributed by atoms with Gasteiger partial charge in [0.1, 0.15) is 5.75 Å². The minimum absolute atomic E-state index is 0.0610. The first-order valence-electron chi connectivity index (χ1n) is 7.87. The summed E-state index contributed by atoms with van der Waals surface area (Å²) in [6.07, 6.45) is 1.61. The lowest BCUT2D eigenvalue weighted by atomic mass is 10.00. The van der Waals surface area contributed by atoms with Crippen LogP contribution in [0.5, 0.6) is 5.75 Å². The Morgan fingerprint density at radius 3 is 2.75 bits per heavy atom. The lowest BCUT2D eigenvalue weighted by Gasteiger charge is -2.30. The van der Waals surface area contributed by atoms with Gasteiger partial charge in [0.15, 0.2) is 5.82 Å². The zero-order chi connectivity index (χ0) is 17.3. The van der Waals surface area contributed by atoms with Crippen LogP contribution in [0.4, 0.5) is 0 Å². The maximum atomic E-state index is 12.9. The number of aryl methyl sites for hydroxylation is 2. The van der Waals surface area contributed by atoms with Crippen molar-refractivity contribution in [3.63, 3.8) is 0 Å². The molecule has 2 aromatic rings. The molecule has 0 N–H and O–H groups in total. The highest BCUT2D eigenvalue weighted by Crippen LogP contribution is 2.30. The van der Waals surface area contributed by atoms with Crippen molar-refractivity contribution in [3.05, 3.63) is 35.5 Å². The topological polar surface area (TPSA) is 85.5 Å². The molecule has 1 aromatic heterocycles. The summed E-state index contributed by atoms with van der Waals surface area (Å²) in [5, 5.41) is 3.80. The van der Waals surface area contributed by atoms with Crippen LogP contribution in [0.25, 0.3) is 0 Å². The lowest BCUT2D eigenvalue weighted by molar-refractivity contribution is 0.265. The average Bonchev–Trinajstić information content (AvgIpc) is 3.01. The molecule has 1 atom stereocenters. The van der Waals surface area contributed by atoms with Gasteiger partial charge in [0.05, 0.1) is 17.9 Å². The van der Waals surface area contributed by atoms with Crippen molar-refractivity contribution in [3.8, 4) is 5.75 Å². The molecule has 130 valence electrons. The smallest absolute Gasteiger partial charge is 0.243 e. The third-order valence-corrected chi connectivity index (χ3v) is 6.14. The van der Waals surface area contributed by atoms with E-state index in [1.165, 1.54) is 4.31 Å². The summed E-state index contributed by atoms with van der Waals surface area (Å²) >= 11 is 0. The maximum absolute atomic E-state index is 12.9. The van der Waals surface area contributed by atoms with Crippen LogP contribution in [0.3, 0.4) is 0 Å². The highest BCUT2D eigenvalue weighted by atomic mass is 32.2. The molecule has 7 nitrogen and oxygen atoms in total. The third-order valence-electron chi connectivity index (χ3n) is 4.28. The Morgan fingerprint density at radius 1 is 1.33 bits per heavy atom. The van der Waals surface area contributed by atoms with Crippen LogP contribution in [0.2, 0.25) is 0 Å². The van der Waals surface area contributed by atoms with Gasteiger partial charge < -0.3 is 9.26 Å². The number of piperidine rings is 1. The van der Waals surface area contributed by atoms with Gasteiger partial charge in [-0.2, -0.15) is 9.29 Å². The molecule has 24 heavy (non-hydrogen) atoms. The van der Waals surface area contributed by atoms with E-state index in [9.17, 15) is 8.42 Å². The Hall–Kier alpha value is -1.93. The molecule has 1 aliphatic heterocycles. The summed E-state index contributed by atoms with van der Waals surface area (Å²) < 4.78 is 37.8. The Labute approximate surface area is 141 Å². The van der Waals surface area contributed by atoms with E-state index in [-0.39, 0.29) is 10.8 Å². The number of nitrogens with zero attached hydrogens (tertiary/aromatic N) is 3. The van der Waals surface area contributed by atoms with Gasteiger partial charge in [-0.05, 0) is 50.5 Å². The Balaban J connectivity index is 1.85. The second kappa shape index (κ2) is 6.52. The van der Waals surface area contributed by atoms with Gasteiger partial charge in [0.25, 0.3) is 0 Å². The van der Waals surface area contributed by atoms with Crippen LogP contribution in [0.15, 0.2) is 27.6 Å². The number of hydrogen-bond acceptors (Lipinski definition) is 6. The molecule has 1 aromatic carbocycles. The molecular weight excluding hydrogens is 330 g/mol. The Morgan fingerprint density at radius 2 is 2.12 bits per heavy atom. The van der Waals surface area contributed by atoms with Gasteiger partial charge >= 0.3 is 0 Å². The zero-order valence-corrected chi connectivity index (χ0v) is 14.8. The van der Waals surface area contributed by atoms with Crippen LogP contribution in [0, 0.1) is 13.8 Å². The SMILES string of the molecule is COc1ccc(S(=O)(=O)N2CCCC(c3nc(C)no3)C2)cc1C. The number of aromatic nitrogens is 2. The fourth-order valence-corrected chi connectivity index (χ4v) is 4.61. The van der Waals surface area contributed by atoms with E-state index in [0.29, 0.717) is 30.6 Å². The summed E-state index contributed by atoms with van der Waals surface area (Å²) in [4.78, 5) is 4.53. The molecule has 2 heterocycles.